The van der Waals surface area contributed by atoms with Crippen LogP contribution in [0.3, 0.4) is 0 Å². The Kier molecular flexibility index (Phi) is 4.61. The molecule has 8 heteroatoms. The van der Waals surface area contributed by atoms with Crippen molar-refractivity contribution in [1.82, 2.24) is 10.0 Å². The predicted octanol–water partition coefficient (Wildman–Crippen LogP) is 5.01. The Bertz CT molecular complexity index is 1370. The summed E-state index contributed by atoms with van der Waals surface area (Å²) in [7, 11) is 0. The Balaban J connectivity index is 2.01. The van der Waals surface area contributed by atoms with E-state index in [0.717, 1.165) is 16.1 Å². The van der Waals surface area contributed by atoms with Crippen LogP contribution in [0.15, 0.2) is 48.5 Å². The predicted molar refractivity (Wildman–Crippen MR) is 133 cm³/mol. The maximum atomic E-state index is 14.1. The number of hydrazine groups is 1. The highest BCUT2D eigenvalue weighted by Gasteiger charge is 2.61. The first-order valence-corrected chi connectivity index (χ1v) is 11.3. The zero-order valence-electron chi connectivity index (χ0n) is 20.3. The van der Waals surface area contributed by atoms with Crippen LogP contribution in [0.2, 0.25) is 0 Å². The molecule has 5 rings (SSSR count). The van der Waals surface area contributed by atoms with Crippen LogP contribution < -0.4 is 16.2 Å². The topological polar surface area (TPSA) is 122 Å². The summed E-state index contributed by atoms with van der Waals surface area (Å²) in [5.74, 6) is 0.468. The van der Waals surface area contributed by atoms with Gasteiger partial charge in [0.25, 0.3) is 5.91 Å². The van der Waals surface area contributed by atoms with E-state index in [0.29, 0.717) is 45.1 Å². The molecule has 2 heterocycles. The van der Waals surface area contributed by atoms with Crippen LogP contribution in [0.5, 0.6) is 11.5 Å². The number of aryl methyl sites for hydroxylation is 2. The summed E-state index contributed by atoms with van der Waals surface area (Å²) in [5.41, 5.74) is 15.2. The molecule has 0 atom stereocenters. The number of carbonyl (C=O) groups is 2. The first-order chi connectivity index (χ1) is 16.4. The van der Waals surface area contributed by atoms with Crippen LogP contribution in [0.4, 0.5) is 16.2 Å². The highest BCUT2D eigenvalue weighted by atomic mass is 16.5. The van der Waals surface area contributed by atoms with Gasteiger partial charge in [-0.25, -0.2) is 14.8 Å². The fraction of sp³-hybridized carbons (Fsp3) is 0.259. The highest BCUT2D eigenvalue weighted by Crippen LogP contribution is 2.59. The number of ether oxygens (including phenoxy) is 1. The van der Waals surface area contributed by atoms with E-state index in [4.69, 9.17) is 16.2 Å². The summed E-state index contributed by atoms with van der Waals surface area (Å²) in [6.45, 7) is 9.02. The summed E-state index contributed by atoms with van der Waals surface area (Å²) < 4.78 is 6.30. The number of fused-ring (bicyclic) bond motifs is 6. The van der Waals surface area contributed by atoms with Gasteiger partial charge in [0.05, 0.1) is 5.54 Å². The van der Waals surface area contributed by atoms with Gasteiger partial charge in [0.2, 0.25) is 0 Å². The molecule has 0 unspecified atom stereocenters. The van der Waals surface area contributed by atoms with Crippen LogP contribution in [-0.4, -0.2) is 32.7 Å². The van der Waals surface area contributed by atoms with Gasteiger partial charge >= 0.3 is 6.09 Å². The van der Waals surface area contributed by atoms with Crippen molar-refractivity contribution in [2.24, 2.45) is 0 Å². The molecule has 3 aromatic carbocycles. The second-order valence-corrected chi connectivity index (χ2v) is 10.2. The van der Waals surface area contributed by atoms with Crippen molar-refractivity contribution in [3.8, 4) is 11.5 Å². The lowest BCUT2D eigenvalue weighted by atomic mass is 9.74. The van der Waals surface area contributed by atoms with E-state index in [1.54, 1.807) is 45.0 Å². The molecule has 0 bridgehead atoms. The van der Waals surface area contributed by atoms with E-state index < -0.39 is 23.1 Å². The molecular weight excluding hydrogens is 444 g/mol. The zero-order valence-corrected chi connectivity index (χ0v) is 20.3. The van der Waals surface area contributed by atoms with Crippen molar-refractivity contribution in [1.29, 1.82) is 0 Å². The van der Waals surface area contributed by atoms with Gasteiger partial charge in [0.15, 0.2) is 0 Å². The molecular formula is C27H28N4O4. The number of nitrogens with zero attached hydrogens (tertiary/aromatic N) is 2. The lowest BCUT2D eigenvalue weighted by molar-refractivity contribution is -0.0783. The van der Waals surface area contributed by atoms with Crippen molar-refractivity contribution < 1.29 is 19.4 Å². The smallest absolute Gasteiger partial charge is 0.426 e. The minimum absolute atomic E-state index is 0.416. The van der Waals surface area contributed by atoms with Gasteiger partial charge in [0.1, 0.15) is 17.0 Å². The van der Waals surface area contributed by atoms with E-state index in [1.165, 1.54) is 5.01 Å². The van der Waals surface area contributed by atoms with Gasteiger partial charge < -0.3 is 21.3 Å². The Labute approximate surface area is 203 Å². The van der Waals surface area contributed by atoms with Gasteiger partial charge in [-0.2, -0.15) is 0 Å². The molecule has 3 aromatic rings. The third kappa shape index (κ3) is 2.92. The molecule has 0 saturated heterocycles. The second kappa shape index (κ2) is 7.15. The molecule has 0 radical (unpaired) electrons. The number of hydrogen-bond acceptors (Lipinski definition) is 5. The lowest BCUT2D eigenvalue weighted by Gasteiger charge is -2.50. The van der Waals surface area contributed by atoms with Gasteiger partial charge in [-0.15, -0.1) is 0 Å². The third-order valence-corrected chi connectivity index (χ3v) is 6.81. The van der Waals surface area contributed by atoms with Gasteiger partial charge in [-0.05, 0) is 63.9 Å². The Morgan fingerprint density at radius 2 is 1.46 bits per heavy atom. The lowest BCUT2D eigenvalue weighted by Crippen LogP contribution is -2.63. The van der Waals surface area contributed by atoms with Crippen molar-refractivity contribution >= 4 is 23.4 Å². The number of anilines is 2. The standard InChI is InChI=1S/C27H28N4O4/c1-14-10-18-22(12-20(14)28)35-23-13-21(29)15(2)11-19(23)27(18)17-9-7-6-8-16(17)24(32)30(27)31(25(33)34)26(3,4)5/h6-13H,28-29H2,1-5H3,(H,33,34). The van der Waals surface area contributed by atoms with Crippen molar-refractivity contribution in [3.05, 3.63) is 81.9 Å². The third-order valence-electron chi connectivity index (χ3n) is 6.81. The van der Waals surface area contributed by atoms with E-state index >= 15 is 0 Å². The molecule has 2 aliphatic rings. The van der Waals surface area contributed by atoms with E-state index in [2.05, 4.69) is 0 Å². The largest absolute Gasteiger partial charge is 0.464 e. The SMILES string of the molecule is Cc1cc2c(cc1N)Oc1cc(N)c(C)cc1C21c2ccccc2C(=O)N1N(C(=O)O)C(C)(C)C. The first-order valence-electron chi connectivity index (χ1n) is 11.3. The molecule has 0 aromatic heterocycles. The monoisotopic (exact) mass is 472 g/mol. The number of carbonyl (C=O) groups excluding carboxylic acids is 1. The molecule has 1 spiro atoms. The highest BCUT2D eigenvalue weighted by molar-refractivity contribution is 6.03. The average Bonchev–Trinajstić information content (AvgIpc) is 3.00. The number of benzene rings is 3. The van der Waals surface area contributed by atoms with Crippen LogP contribution >= 0.6 is 0 Å². The quantitative estimate of drug-likeness (QED) is 0.428. The fourth-order valence-corrected chi connectivity index (χ4v) is 5.20. The van der Waals surface area contributed by atoms with Crippen molar-refractivity contribution in [2.75, 3.05) is 11.5 Å². The van der Waals surface area contributed by atoms with Crippen molar-refractivity contribution in [3.63, 3.8) is 0 Å². The minimum atomic E-state index is -1.32. The molecule has 0 fully saturated rings. The summed E-state index contributed by atoms with van der Waals surface area (Å²) in [6, 6.07) is 14.4. The van der Waals surface area contributed by atoms with Gasteiger partial charge in [-0.1, -0.05) is 18.2 Å². The van der Waals surface area contributed by atoms with Crippen LogP contribution in [0.25, 0.3) is 0 Å². The summed E-state index contributed by atoms with van der Waals surface area (Å²) >= 11 is 0. The Morgan fingerprint density at radius 1 is 0.943 bits per heavy atom. The molecule has 2 amide bonds. The number of carboxylic acid groups (broad SMARTS) is 1. The summed E-state index contributed by atoms with van der Waals surface area (Å²) in [4.78, 5) is 26.9. The minimum Gasteiger partial charge on any atom is -0.464 e. The van der Waals surface area contributed by atoms with Crippen molar-refractivity contribution in [2.45, 2.75) is 45.7 Å². The summed E-state index contributed by atoms with van der Waals surface area (Å²) in [6.07, 6.45) is -1.24. The molecule has 8 nitrogen and oxygen atoms in total. The maximum absolute atomic E-state index is 14.1. The number of nitrogen functional groups attached to an aromatic ring is 2. The molecule has 180 valence electrons. The average molecular weight is 473 g/mol. The zero-order chi connectivity index (χ0) is 25.4. The molecule has 35 heavy (non-hydrogen) atoms. The number of nitrogens with two attached hydrogens (primary N) is 2. The number of hydrogen-bond donors (Lipinski definition) is 3. The van der Waals surface area contributed by atoms with Crippen LogP contribution in [0.1, 0.15) is 58.9 Å². The molecule has 2 aliphatic heterocycles. The Morgan fingerprint density at radius 3 is 1.94 bits per heavy atom. The van der Waals surface area contributed by atoms with Gasteiger partial charge in [0, 0.05) is 45.8 Å². The molecule has 0 aliphatic carbocycles. The van der Waals surface area contributed by atoms with Gasteiger partial charge in [-0.3, -0.25) is 4.79 Å². The second-order valence-electron chi connectivity index (χ2n) is 10.2. The maximum Gasteiger partial charge on any atom is 0.426 e. The number of amides is 2. The van der Waals surface area contributed by atoms with E-state index in [9.17, 15) is 14.7 Å². The van der Waals surface area contributed by atoms with Crippen LogP contribution in [0, 0.1) is 13.8 Å². The van der Waals surface area contributed by atoms with Crippen LogP contribution in [-0.2, 0) is 5.54 Å². The fourth-order valence-electron chi connectivity index (χ4n) is 5.20. The van der Waals surface area contributed by atoms with E-state index in [-0.39, 0.29) is 0 Å². The van der Waals surface area contributed by atoms with E-state index in [1.807, 2.05) is 38.1 Å². The normalized spacial score (nSPS) is 15.3. The Hall–Kier alpha value is -4.20. The first kappa shape index (κ1) is 22.6. The number of rotatable bonds is 1. The summed E-state index contributed by atoms with van der Waals surface area (Å²) in [5, 5.41) is 12.9. The molecule has 5 N–H and O–H groups in total. The molecule has 0 saturated carbocycles.